The molecule has 152 valence electrons. The summed E-state index contributed by atoms with van der Waals surface area (Å²) in [5, 5.41) is 16.1. The van der Waals surface area contributed by atoms with Crippen LogP contribution in [0.5, 0.6) is 11.5 Å². The van der Waals surface area contributed by atoms with E-state index in [-0.39, 0.29) is 11.9 Å². The molecular weight excluding hydrogens is 387 g/mol. The van der Waals surface area contributed by atoms with Gasteiger partial charge in [0.2, 0.25) is 0 Å². The van der Waals surface area contributed by atoms with E-state index in [1.54, 1.807) is 12.4 Å². The molecular formula is C21H19FN6O2. The molecule has 30 heavy (non-hydrogen) atoms. The summed E-state index contributed by atoms with van der Waals surface area (Å²) in [6.45, 7) is 2.66. The summed E-state index contributed by atoms with van der Waals surface area (Å²) in [4.78, 5) is 0. The molecule has 0 saturated heterocycles. The Morgan fingerprint density at radius 1 is 1.23 bits per heavy atom. The lowest BCUT2D eigenvalue weighted by Gasteiger charge is -2.20. The molecule has 4 aromatic rings. The van der Waals surface area contributed by atoms with Crippen LogP contribution in [0, 0.1) is 12.7 Å². The van der Waals surface area contributed by atoms with Crippen LogP contribution in [-0.4, -0.2) is 37.1 Å². The van der Waals surface area contributed by atoms with E-state index >= 15 is 0 Å². The first-order valence-corrected chi connectivity index (χ1v) is 9.79. The number of aromatic nitrogens is 5. The largest absolute Gasteiger partial charge is 0.486 e. The third-order valence-corrected chi connectivity index (χ3v) is 5.83. The maximum Gasteiger partial charge on any atom is 0.171 e. The summed E-state index contributed by atoms with van der Waals surface area (Å²) >= 11 is 0. The van der Waals surface area contributed by atoms with Crippen molar-refractivity contribution in [3.63, 3.8) is 0 Å². The Balaban J connectivity index is 1.54. The zero-order chi connectivity index (χ0) is 20.4. The summed E-state index contributed by atoms with van der Waals surface area (Å²) in [7, 11) is 1.89. The van der Waals surface area contributed by atoms with Crippen LogP contribution in [0.3, 0.4) is 0 Å². The summed E-state index contributed by atoms with van der Waals surface area (Å²) < 4.78 is 30.5. The predicted octanol–water partition coefficient (Wildman–Crippen LogP) is 2.89. The highest BCUT2D eigenvalue weighted by Gasteiger charge is 2.30. The van der Waals surface area contributed by atoms with Gasteiger partial charge in [0.05, 0.1) is 11.9 Å². The van der Waals surface area contributed by atoms with E-state index in [2.05, 4.69) is 20.6 Å². The molecule has 5 heterocycles. The number of anilines is 1. The van der Waals surface area contributed by atoms with Gasteiger partial charge in [0.1, 0.15) is 30.6 Å². The number of halogens is 1. The van der Waals surface area contributed by atoms with Crippen molar-refractivity contribution in [2.24, 2.45) is 7.05 Å². The molecule has 0 fully saturated rings. The van der Waals surface area contributed by atoms with Gasteiger partial charge >= 0.3 is 0 Å². The smallest absolute Gasteiger partial charge is 0.171 e. The topological polar surface area (TPSA) is 78.5 Å². The van der Waals surface area contributed by atoms with Crippen LogP contribution in [0.4, 0.5) is 10.2 Å². The van der Waals surface area contributed by atoms with Crippen LogP contribution in [0.15, 0.2) is 30.7 Å². The Hall–Kier alpha value is -3.62. The van der Waals surface area contributed by atoms with Crippen LogP contribution in [0.2, 0.25) is 0 Å². The van der Waals surface area contributed by atoms with Gasteiger partial charge in [0.25, 0.3) is 0 Å². The summed E-state index contributed by atoms with van der Waals surface area (Å²) in [5.74, 6) is 1.80. The van der Waals surface area contributed by atoms with Crippen molar-refractivity contribution in [1.82, 2.24) is 24.4 Å². The highest BCUT2D eigenvalue weighted by atomic mass is 19.1. The molecule has 6 rings (SSSR count). The van der Waals surface area contributed by atoms with Gasteiger partial charge in [-0.25, -0.2) is 4.39 Å². The van der Waals surface area contributed by atoms with Crippen molar-refractivity contribution in [1.29, 1.82) is 0 Å². The molecule has 0 amide bonds. The highest BCUT2D eigenvalue weighted by Crippen LogP contribution is 2.39. The van der Waals surface area contributed by atoms with Crippen LogP contribution in [-0.2, 0) is 20.0 Å². The molecule has 3 aromatic heterocycles. The van der Waals surface area contributed by atoms with Crippen molar-refractivity contribution in [2.75, 3.05) is 11.9 Å². The lowest BCUT2D eigenvalue weighted by Crippen LogP contribution is -2.24. The second kappa shape index (κ2) is 6.19. The van der Waals surface area contributed by atoms with E-state index in [1.807, 2.05) is 35.3 Å². The fourth-order valence-electron chi connectivity index (χ4n) is 4.42. The first-order chi connectivity index (χ1) is 14.6. The molecule has 0 saturated carbocycles. The van der Waals surface area contributed by atoms with E-state index in [4.69, 9.17) is 9.47 Å². The van der Waals surface area contributed by atoms with Crippen LogP contribution >= 0.6 is 0 Å². The minimum absolute atomic E-state index is 0.162. The molecule has 1 unspecified atom stereocenters. The Bertz CT molecular complexity index is 1290. The molecule has 0 spiro atoms. The van der Waals surface area contributed by atoms with Crippen LogP contribution in [0.1, 0.15) is 16.7 Å². The Kier molecular flexibility index (Phi) is 3.56. The van der Waals surface area contributed by atoms with Crippen LogP contribution < -0.4 is 14.8 Å². The summed E-state index contributed by atoms with van der Waals surface area (Å²) in [6.07, 6.45) is 3.91. The molecule has 1 atom stereocenters. The molecule has 2 bridgehead atoms. The second-order valence-electron chi connectivity index (χ2n) is 7.71. The second-order valence-corrected chi connectivity index (χ2v) is 7.71. The first-order valence-electron chi connectivity index (χ1n) is 9.79. The zero-order valence-electron chi connectivity index (χ0n) is 16.5. The number of fused-ring (bicyclic) bond motifs is 4. The number of benzene rings is 1. The summed E-state index contributed by atoms with van der Waals surface area (Å²) in [5.41, 5.74) is 5.02. The number of nitrogens with zero attached hydrogens (tertiary/aromatic N) is 5. The summed E-state index contributed by atoms with van der Waals surface area (Å²) in [6, 6.07) is 5.10. The predicted molar refractivity (Wildman–Crippen MR) is 107 cm³/mol. The van der Waals surface area contributed by atoms with Gasteiger partial charge in [0, 0.05) is 36.7 Å². The minimum Gasteiger partial charge on any atom is -0.486 e. The lowest BCUT2D eigenvalue weighted by molar-refractivity contribution is 0.148. The van der Waals surface area contributed by atoms with E-state index < -0.39 is 0 Å². The van der Waals surface area contributed by atoms with Gasteiger partial charge in [-0.15, -0.1) is 10.2 Å². The molecule has 1 N–H and O–H groups in total. The van der Waals surface area contributed by atoms with Gasteiger partial charge in [-0.3, -0.25) is 9.08 Å². The number of pyridine rings is 1. The molecule has 0 aliphatic carbocycles. The van der Waals surface area contributed by atoms with Crippen molar-refractivity contribution in [3.05, 3.63) is 53.2 Å². The maximum atomic E-state index is 14.6. The van der Waals surface area contributed by atoms with E-state index in [0.717, 1.165) is 28.1 Å². The molecule has 8 nitrogen and oxygen atoms in total. The Morgan fingerprint density at radius 2 is 2.13 bits per heavy atom. The number of nitrogens with one attached hydrogen (secondary N) is 1. The van der Waals surface area contributed by atoms with Gasteiger partial charge < -0.3 is 14.8 Å². The van der Waals surface area contributed by atoms with Gasteiger partial charge in [0.15, 0.2) is 17.2 Å². The van der Waals surface area contributed by atoms with Crippen molar-refractivity contribution < 1.29 is 13.9 Å². The molecule has 9 heteroatoms. The highest BCUT2D eigenvalue weighted by molar-refractivity contribution is 5.81. The normalized spacial score (nSPS) is 17.2. The fourth-order valence-corrected chi connectivity index (χ4v) is 4.42. The van der Waals surface area contributed by atoms with E-state index in [1.165, 1.54) is 6.07 Å². The van der Waals surface area contributed by atoms with Crippen LogP contribution in [0.25, 0.3) is 16.9 Å². The maximum absolute atomic E-state index is 14.6. The minimum atomic E-state index is -0.240. The average molecular weight is 406 g/mol. The first kappa shape index (κ1) is 17.3. The quantitative estimate of drug-likeness (QED) is 0.524. The lowest BCUT2D eigenvalue weighted by atomic mass is 10.0. The van der Waals surface area contributed by atoms with E-state index in [0.29, 0.717) is 42.4 Å². The third-order valence-electron chi connectivity index (χ3n) is 5.83. The van der Waals surface area contributed by atoms with E-state index in [9.17, 15) is 4.39 Å². The van der Waals surface area contributed by atoms with Gasteiger partial charge in [-0.1, -0.05) is 0 Å². The monoisotopic (exact) mass is 406 g/mol. The van der Waals surface area contributed by atoms with Crippen molar-refractivity contribution in [2.45, 2.75) is 26.0 Å². The number of hydrogen-bond donors (Lipinski definition) is 1. The molecule has 2 aliphatic rings. The zero-order valence-corrected chi connectivity index (χ0v) is 16.5. The average Bonchev–Trinajstić information content (AvgIpc) is 3.45. The van der Waals surface area contributed by atoms with Crippen molar-refractivity contribution in [3.8, 4) is 22.8 Å². The SMILES string of the molecule is Cc1cnn(C)c1-c1cc2c(n3cnnc13)NCc1c(F)ccc3c1CC(CO2)O3. The number of aryl methyl sites for hydroxylation is 2. The fraction of sp³-hybridized carbons (Fsp3) is 0.286. The standard InChI is InChI=1S/C21H19FN6O2/c1-11-7-25-27(2)19(11)14-6-18-21(28-10-24-26-20(14)28)23-8-15-13-5-12(9-29-18)30-17(13)4-3-16(15)22/h3-4,6-7,10,12,23H,5,8-9H2,1-2H3. The van der Waals surface area contributed by atoms with Gasteiger partial charge in [-0.05, 0) is 30.7 Å². The Labute approximate surface area is 171 Å². The third kappa shape index (κ3) is 2.41. The van der Waals surface area contributed by atoms with Crippen molar-refractivity contribution >= 4 is 11.5 Å². The van der Waals surface area contributed by atoms with Gasteiger partial charge in [-0.2, -0.15) is 5.10 Å². The Morgan fingerprint density at radius 3 is 2.97 bits per heavy atom. The number of hydrogen-bond acceptors (Lipinski definition) is 6. The molecule has 0 radical (unpaired) electrons. The molecule has 1 aromatic carbocycles. The molecule has 2 aliphatic heterocycles. The number of ether oxygens (including phenoxy) is 2. The number of rotatable bonds is 1.